The molecule has 0 radical (unpaired) electrons. The number of nitrogens with one attached hydrogen (secondary N) is 1. The molecule has 2 N–H and O–H groups in total. The molecule has 2 unspecified atom stereocenters. The SMILES string of the molecule is Cc1cc(S(=O)(=O)NC2COCC2(C)C(=O)O)sc1Cl. The van der Waals surface area contributed by atoms with Gasteiger partial charge in [-0.2, -0.15) is 0 Å². The number of hydrogen-bond donors (Lipinski definition) is 2. The van der Waals surface area contributed by atoms with Gasteiger partial charge < -0.3 is 9.84 Å². The number of rotatable bonds is 4. The first-order chi connectivity index (χ1) is 9.17. The average Bonchev–Trinajstić information content (AvgIpc) is 2.86. The minimum atomic E-state index is -3.81. The Bertz CT molecular complexity index is 622. The van der Waals surface area contributed by atoms with Gasteiger partial charge in [-0.1, -0.05) is 11.6 Å². The molecule has 2 heterocycles. The maximum atomic E-state index is 12.3. The molecule has 112 valence electrons. The van der Waals surface area contributed by atoms with Crippen LogP contribution in [0.4, 0.5) is 0 Å². The predicted octanol–water partition coefficient (Wildman–Crippen LogP) is 1.48. The highest BCUT2D eigenvalue weighted by Crippen LogP contribution is 2.33. The van der Waals surface area contributed by atoms with Crippen LogP contribution in [0, 0.1) is 12.3 Å². The lowest BCUT2D eigenvalue weighted by molar-refractivity contribution is -0.148. The molecule has 1 saturated heterocycles. The number of ether oxygens (including phenoxy) is 1. The number of halogens is 1. The summed E-state index contributed by atoms with van der Waals surface area (Å²) < 4.78 is 32.5. The molecule has 2 atom stereocenters. The summed E-state index contributed by atoms with van der Waals surface area (Å²) in [6, 6.07) is 0.648. The van der Waals surface area contributed by atoms with Gasteiger partial charge in [-0.25, -0.2) is 13.1 Å². The highest BCUT2D eigenvalue weighted by Gasteiger charge is 2.48. The molecule has 9 heteroatoms. The van der Waals surface area contributed by atoms with Crippen molar-refractivity contribution in [2.24, 2.45) is 5.41 Å². The van der Waals surface area contributed by atoms with E-state index in [-0.39, 0.29) is 17.4 Å². The molecule has 0 amide bonds. The largest absolute Gasteiger partial charge is 0.481 e. The van der Waals surface area contributed by atoms with Crippen LogP contribution in [0.1, 0.15) is 12.5 Å². The van der Waals surface area contributed by atoms with Crippen LogP contribution >= 0.6 is 22.9 Å². The molecular weight excluding hydrogens is 326 g/mol. The molecule has 1 aromatic rings. The lowest BCUT2D eigenvalue weighted by atomic mass is 9.86. The minimum Gasteiger partial charge on any atom is -0.481 e. The Morgan fingerprint density at radius 2 is 2.30 bits per heavy atom. The lowest BCUT2D eigenvalue weighted by Gasteiger charge is -2.24. The Labute approximate surface area is 125 Å². The van der Waals surface area contributed by atoms with Crippen LogP contribution in [0.25, 0.3) is 0 Å². The highest BCUT2D eigenvalue weighted by molar-refractivity contribution is 7.91. The monoisotopic (exact) mass is 339 g/mol. The maximum absolute atomic E-state index is 12.3. The molecule has 1 aliphatic heterocycles. The summed E-state index contributed by atoms with van der Waals surface area (Å²) >= 11 is 6.81. The Morgan fingerprint density at radius 1 is 1.65 bits per heavy atom. The first kappa shape index (κ1) is 15.7. The second kappa shape index (κ2) is 5.27. The smallest absolute Gasteiger partial charge is 0.313 e. The summed E-state index contributed by atoms with van der Waals surface area (Å²) in [5.74, 6) is -1.09. The number of thiophene rings is 1. The van der Waals surface area contributed by atoms with E-state index in [4.69, 9.17) is 16.3 Å². The van der Waals surface area contributed by atoms with Gasteiger partial charge >= 0.3 is 5.97 Å². The van der Waals surface area contributed by atoms with Gasteiger partial charge in [-0.05, 0) is 25.5 Å². The van der Waals surface area contributed by atoms with Gasteiger partial charge in [-0.15, -0.1) is 11.3 Å². The van der Waals surface area contributed by atoms with Gasteiger partial charge in [0.2, 0.25) is 10.0 Å². The molecule has 0 spiro atoms. The minimum absolute atomic E-state index is 0.0279. The molecule has 0 bridgehead atoms. The number of carboxylic acids is 1. The van der Waals surface area contributed by atoms with Gasteiger partial charge in [0.15, 0.2) is 0 Å². The fraction of sp³-hybridized carbons (Fsp3) is 0.545. The van der Waals surface area contributed by atoms with Crippen molar-refractivity contribution in [3.63, 3.8) is 0 Å². The lowest BCUT2D eigenvalue weighted by Crippen LogP contribution is -2.49. The van der Waals surface area contributed by atoms with E-state index < -0.39 is 27.4 Å². The molecular formula is C11H14ClNO5S2. The van der Waals surface area contributed by atoms with E-state index in [0.29, 0.717) is 9.90 Å². The van der Waals surface area contributed by atoms with E-state index in [9.17, 15) is 18.3 Å². The molecule has 1 aromatic heterocycles. The molecule has 0 aromatic carbocycles. The third kappa shape index (κ3) is 2.71. The van der Waals surface area contributed by atoms with Gasteiger partial charge in [0, 0.05) is 0 Å². The second-order valence-corrected chi connectivity index (χ2v) is 8.53. The van der Waals surface area contributed by atoms with E-state index in [1.165, 1.54) is 13.0 Å². The molecule has 1 fully saturated rings. The molecule has 6 nitrogen and oxygen atoms in total. The standard InChI is InChI=1S/C11H14ClNO5S2/c1-6-3-8(19-9(6)12)20(16,17)13-7-4-18-5-11(7,2)10(14)15/h3,7,13H,4-5H2,1-2H3,(H,14,15). The zero-order valence-corrected chi connectivity index (χ0v) is 13.2. The Morgan fingerprint density at radius 3 is 2.80 bits per heavy atom. The molecule has 20 heavy (non-hydrogen) atoms. The number of sulfonamides is 1. The summed E-state index contributed by atoms with van der Waals surface area (Å²) in [7, 11) is -3.81. The van der Waals surface area contributed by atoms with Crippen molar-refractivity contribution in [2.45, 2.75) is 24.1 Å². The van der Waals surface area contributed by atoms with E-state index >= 15 is 0 Å². The van der Waals surface area contributed by atoms with E-state index in [1.807, 2.05) is 0 Å². The topological polar surface area (TPSA) is 92.7 Å². The van der Waals surface area contributed by atoms with Crippen molar-refractivity contribution in [1.29, 1.82) is 0 Å². The Balaban J connectivity index is 2.27. The van der Waals surface area contributed by atoms with Crippen LogP contribution in [0.15, 0.2) is 10.3 Å². The van der Waals surface area contributed by atoms with Crippen LogP contribution in [-0.4, -0.2) is 38.7 Å². The van der Waals surface area contributed by atoms with Crippen LogP contribution in [0.5, 0.6) is 0 Å². The summed E-state index contributed by atoms with van der Waals surface area (Å²) in [5.41, 5.74) is -0.607. The van der Waals surface area contributed by atoms with E-state index in [0.717, 1.165) is 11.3 Å². The number of aryl methyl sites for hydroxylation is 1. The first-order valence-corrected chi connectivity index (χ1v) is 8.44. The fourth-order valence-corrected chi connectivity index (χ4v) is 4.92. The fourth-order valence-electron chi connectivity index (χ4n) is 1.86. The zero-order valence-electron chi connectivity index (χ0n) is 10.8. The quantitative estimate of drug-likeness (QED) is 0.866. The third-order valence-electron chi connectivity index (χ3n) is 3.34. The second-order valence-electron chi connectivity index (χ2n) is 4.93. The number of carbonyl (C=O) groups is 1. The van der Waals surface area contributed by atoms with Crippen molar-refractivity contribution in [2.75, 3.05) is 13.2 Å². The van der Waals surface area contributed by atoms with Crippen LogP contribution in [0.2, 0.25) is 4.34 Å². The van der Waals surface area contributed by atoms with Gasteiger partial charge in [0.25, 0.3) is 0 Å². The van der Waals surface area contributed by atoms with Crippen molar-refractivity contribution < 1.29 is 23.1 Å². The van der Waals surface area contributed by atoms with Crippen LogP contribution < -0.4 is 4.72 Å². The summed E-state index contributed by atoms with van der Waals surface area (Å²) in [6.07, 6.45) is 0. The van der Waals surface area contributed by atoms with Crippen LogP contribution in [0.3, 0.4) is 0 Å². The van der Waals surface area contributed by atoms with Crippen molar-refractivity contribution in [1.82, 2.24) is 4.72 Å². The summed E-state index contributed by atoms with van der Waals surface area (Å²) in [6.45, 7) is 3.17. The molecule has 2 rings (SSSR count). The molecule has 1 aliphatic rings. The summed E-state index contributed by atoms with van der Waals surface area (Å²) in [4.78, 5) is 11.3. The Kier molecular flexibility index (Phi) is 4.14. The van der Waals surface area contributed by atoms with Crippen molar-refractivity contribution in [3.05, 3.63) is 16.0 Å². The number of hydrogen-bond acceptors (Lipinski definition) is 5. The maximum Gasteiger partial charge on any atom is 0.313 e. The number of aliphatic carboxylic acids is 1. The first-order valence-electron chi connectivity index (χ1n) is 5.76. The molecule has 0 saturated carbocycles. The zero-order chi connectivity index (χ0) is 15.1. The number of carboxylic acid groups (broad SMARTS) is 1. The van der Waals surface area contributed by atoms with E-state index in [2.05, 4.69) is 4.72 Å². The summed E-state index contributed by atoms with van der Waals surface area (Å²) in [5, 5.41) is 9.23. The molecule has 0 aliphatic carbocycles. The van der Waals surface area contributed by atoms with Crippen LogP contribution in [-0.2, 0) is 19.6 Å². The highest BCUT2D eigenvalue weighted by atomic mass is 35.5. The average molecular weight is 340 g/mol. The van der Waals surface area contributed by atoms with Gasteiger partial charge in [0.1, 0.15) is 9.62 Å². The third-order valence-corrected chi connectivity index (χ3v) is 6.84. The van der Waals surface area contributed by atoms with E-state index in [1.54, 1.807) is 6.92 Å². The van der Waals surface area contributed by atoms with Gasteiger partial charge in [-0.3, -0.25) is 4.79 Å². The Hall–Kier alpha value is -0.670. The van der Waals surface area contributed by atoms with Gasteiger partial charge in [0.05, 0.1) is 23.6 Å². The predicted molar refractivity (Wildman–Crippen MR) is 74.7 cm³/mol. The van der Waals surface area contributed by atoms with Crippen molar-refractivity contribution in [3.8, 4) is 0 Å². The normalized spacial score (nSPS) is 26.9. The van der Waals surface area contributed by atoms with Crippen molar-refractivity contribution >= 4 is 38.9 Å².